The van der Waals surface area contributed by atoms with Crippen molar-refractivity contribution in [1.29, 1.82) is 0 Å². The van der Waals surface area contributed by atoms with Gasteiger partial charge in [-0.2, -0.15) is 0 Å². The predicted molar refractivity (Wildman–Crippen MR) is 94.5 cm³/mol. The molecule has 1 saturated carbocycles. The quantitative estimate of drug-likeness (QED) is 0.663. The number of hydrogen-bond acceptors (Lipinski definition) is 3. The number of aliphatic imine (C=N–C) groups is 1. The molecule has 1 aromatic rings. The summed E-state index contributed by atoms with van der Waals surface area (Å²) in [7, 11) is 3.36. The van der Waals surface area contributed by atoms with Crippen molar-refractivity contribution in [2.24, 2.45) is 4.99 Å². The smallest absolute Gasteiger partial charge is 0.242 e. The SMILES string of the molecule is CN=C(NCc1ccc(Cl)cc1OC)N1CCN(C2CC2)C(=O)C1. The summed E-state index contributed by atoms with van der Waals surface area (Å²) in [5.41, 5.74) is 0.992. The van der Waals surface area contributed by atoms with Crippen molar-refractivity contribution >= 4 is 23.5 Å². The van der Waals surface area contributed by atoms with Crippen LogP contribution >= 0.6 is 11.6 Å². The number of rotatable bonds is 4. The van der Waals surface area contributed by atoms with E-state index in [4.69, 9.17) is 16.3 Å². The highest BCUT2D eigenvalue weighted by atomic mass is 35.5. The Kier molecular flexibility index (Phi) is 5.14. The van der Waals surface area contributed by atoms with E-state index in [9.17, 15) is 4.79 Å². The van der Waals surface area contributed by atoms with E-state index in [2.05, 4.69) is 10.3 Å². The molecule has 0 radical (unpaired) electrons. The van der Waals surface area contributed by atoms with Gasteiger partial charge in [-0.15, -0.1) is 0 Å². The molecule has 1 aromatic carbocycles. The number of nitrogens with one attached hydrogen (secondary N) is 1. The van der Waals surface area contributed by atoms with Gasteiger partial charge in [0.05, 0.1) is 13.7 Å². The number of methoxy groups -OCH3 is 1. The Balaban J connectivity index is 1.60. The van der Waals surface area contributed by atoms with Crippen LogP contribution in [-0.2, 0) is 11.3 Å². The molecule has 6 nitrogen and oxygen atoms in total. The van der Waals surface area contributed by atoms with Crippen LogP contribution in [0.5, 0.6) is 5.75 Å². The maximum absolute atomic E-state index is 12.3. The highest BCUT2D eigenvalue weighted by Gasteiger charge is 2.36. The number of amides is 1. The van der Waals surface area contributed by atoms with Gasteiger partial charge in [-0.3, -0.25) is 9.79 Å². The topological polar surface area (TPSA) is 57.2 Å². The van der Waals surface area contributed by atoms with Crippen LogP contribution in [0.15, 0.2) is 23.2 Å². The van der Waals surface area contributed by atoms with Gasteiger partial charge in [0, 0.05) is 43.3 Å². The van der Waals surface area contributed by atoms with Gasteiger partial charge >= 0.3 is 0 Å². The number of hydrogen-bond donors (Lipinski definition) is 1. The lowest BCUT2D eigenvalue weighted by Gasteiger charge is -2.36. The monoisotopic (exact) mass is 350 g/mol. The molecule has 1 heterocycles. The van der Waals surface area contributed by atoms with Crippen LogP contribution in [0, 0.1) is 0 Å². The van der Waals surface area contributed by atoms with Crippen LogP contribution in [-0.4, -0.2) is 61.5 Å². The number of benzene rings is 1. The minimum atomic E-state index is 0.191. The normalized spacial score (nSPS) is 18.8. The summed E-state index contributed by atoms with van der Waals surface area (Å²) in [6.45, 7) is 2.52. The zero-order valence-corrected chi connectivity index (χ0v) is 14.8. The average molecular weight is 351 g/mol. The first-order valence-corrected chi connectivity index (χ1v) is 8.57. The largest absolute Gasteiger partial charge is 0.496 e. The number of nitrogens with zero attached hydrogens (tertiary/aromatic N) is 3. The lowest BCUT2D eigenvalue weighted by atomic mass is 10.2. The highest BCUT2D eigenvalue weighted by Crippen LogP contribution is 2.28. The Morgan fingerprint density at radius 3 is 2.83 bits per heavy atom. The fraction of sp³-hybridized carbons (Fsp3) is 0.529. The van der Waals surface area contributed by atoms with E-state index in [1.165, 1.54) is 0 Å². The lowest BCUT2D eigenvalue weighted by Crippen LogP contribution is -2.55. The van der Waals surface area contributed by atoms with Crippen molar-refractivity contribution in [2.75, 3.05) is 33.8 Å². The molecule has 0 bridgehead atoms. The molecule has 1 amide bonds. The van der Waals surface area contributed by atoms with Crippen molar-refractivity contribution in [1.82, 2.24) is 15.1 Å². The number of halogens is 1. The summed E-state index contributed by atoms with van der Waals surface area (Å²) in [6.07, 6.45) is 2.30. The minimum Gasteiger partial charge on any atom is -0.496 e. The number of carbonyl (C=O) groups is 1. The fourth-order valence-corrected chi connectivity index (χ4v) is 3.17. The van der Waals surface area contributed by atoms with Crippen LogP contribution in [0.2, 0.25) is 5.02 Å². The van der Waals surface area contributed by atoms with Gasteiger partial charge in [0.2, 0.25) is 5.91 Å². The third-order valence-corrected chi connectivity index (χ3v) is 4.68. The van der Waals surface area contributed by atoms with Crippen LogP contribution in [0.4, 0.5) is 0 Å². The highest BCUT2D eigenvalue weighted by molar-refractivity contribution is 6.30. The first-order valence-electron chi connectivity index (χ1n) is 8.20. The van der Waals surface area contributed by atoms with E-state index in [0.29, 0.717) is 24.2 Å². The molecular weight excluding hydrogens is 328 g/mol. The van der Waals surface area contributed by atoms with Gasteiger partial charge in [-0.05, 0) is 25.0 Å². The third-order valence-electron chi connectivity index (χ3n) is 4.44. The standard InChI is InChI=1S/C17H23ClN4O2/c1-19-17(20-10-12-3-4-13(18)9-15(12)24-2)21-7-8-22(14-5-6-14)16(23)11-21/h3-4,9,14H,5-8,10-11H2,1-2H3,(H,19,20). The molecule has 1 aliphatic heterocycles. The van der Waals surface area contributed by atoms with Crippen LogP contribution < -0.4 is 10.1 Å². The molecule has 0 unspecified atom stereocenters. The molecular formula is C17H23ClN4O2. The van der Waals surface area contributed by atoms with E-state index in [-0.39, 0.29) is 5.91 Å². The molecule has 0 atom stereocenters. The molecule has 0 spiro atoms. The molecule has 1 N–H and O–H groups in total. The van der Waals surface area contributed by atoms with Crippen molar-refractivity contribution in [2.45, 2.75) is 25.4 Å². The Labute approximate surface area is 147 Å². The van der Waals surface area contributed by atoms with Crippen molar-refractivity contribution in [3.63, 3.8) is 0 Å². The van der Waals surface area contributed by atoms with Crippen molar-refractivity contribution in [3.8, 4) is 5.75 Å². The summed E-state index contributed by atoms with van der Waals surface area (Å²) in [5, 5.41) is 3.95. The van der Waals surface area contributed by atoms with Crippen LogP contribution in [0.3, 0.4) is 0 Å². The molecule has 0 aromatic heterocycles. The zero-order valence-electron chi connectivity index (χ0n) is 14.1. The fourth-order valence-electron chi connectivity index (χ4n) is 3.01. The van der Waals surface area contributed by atoms with Gasteiger partial charge in [-0.1, -0.05) is 17.7 Å². The second-order valence-corrected chi connectivity index (χ2v) is 6.53. The van der Waals surface area contributed by atoms with Crippen LogP contribution in [0.1, 0.15) is 18.4 Å². The first kappa shape index (κ1) is 16.9. The van der Waals surface area contributed by atoms with Crippen LogP contribution in [0.25, 0.3) is 0 Å². The van der Waals surface area contributed by atoms with E-state index < -0.39 is 0 Å². The Bertz CT molecular complexity index is 645. The lowest BCUT2D eigenvalue weighted by molar-refractivity contribution is -0.135. The maximum Gasteiger partial charge on any atom is 0.242 e. The van der Waals surface area contributed by atoms with Gasteiger partial charge in [-0.25, -0.2) is 0 Å². The number of carbonyl (C=O) groups excluding carboxylic acids is 1. The Hall–Kier alpha value is -1.95. The number of piperazine rings is 1. The van der Waals surface area contributed by atoms with Gasteiger partial charge < -0.3 is 19.9 Å². The van der Waals surface area contributed by atoms with E-state index in [1.807, 2.05) is 21.9 Å². The second kappa shape index (κ2) is 7.30. The number of guanidine groups is 1. The zero-order chi connectivity index (χ0) is 17.1. The molecule has 7 heteroatoms. The molecule has 3 rings (SSSR count). The van der Waals surface area contributed by atoms with Crippen molar-refractivity contribution in [3.05, 3.63) is 28.8 Å². The first-order chi connectivity index (χ1) is 11.6. The van der Waals surface area contributed by atoms with Gasteiger partial charge in [0.15, 0.2) is 5.96 Å². The third kappa shape index (κ3) is 3.75. The van der Waals surface area contributed by atoms with E-state index in [1.54, 1.807) is 20.2 Å². The predicted octanol–water partition coefficient (Wildman–Crippen LogP) is 1.73. The molecule has 2 fully saturated rings. The van der Waals surface area contributed by atoms with Gasteiger partial charge in [0.25, 0.3) is 0 Å². The van der Waals surface area contributed by atoms with E-state index >= 15 is 0 Å². The maximum atomic E-state index is 12.3. The second-order valence-electron chi connectivity index (χ2n) is 6.10. The summed E-state index contributed by atoms with van der Waals surface area (Å²) in [4.78, 5) is 20.6. The summed E-state index contributed by atoms with van der Waals surface area (Å²) >= 11 is 5.99. The molecule has 130 valence electrons. The number of ether oxygens (including phenoxy) is 1. The summed E-state index contributed by atoms with van der Waals surface area (Å²) < 4.78 is 5.36. The average Bonchev–Trinajstić information content (AvgIpc) is 3.41. The Morgan fingerprint density at radius 1 is 1.42 bits per heavy atom. The Morgan fingerprint density at radius 2 is 2.21 bits per heavy atom. The summed E-state index contributed by atoms with van der Waals surface area (Å²) in [5.74, 6) is 1.66. The molecule has 2 aliphatic rings. The van der Waals surface area contributed by atoms with E-state index in [0.717, 1.165) is 43.2 Å². The molecule has 1 saturated heterocycles. The minimum absolute atomic E-state index is 0.191. The molecule has 1 aliphatic carbocycles. The molecule has 24 heavy (non-hydrogen) atoms. The summed E-state index contributed by atoms with van der Waals surface area (Å²) in [6, 6.07) is 6.03. The van der Waals surface area contributed by atoms with Crippen molar-refractivity contribution < 1.29 is 9.53 Å². The van der Waals surface area contributed by atoms with Gasteiger partial charge in [0.1, 0.15) is 5.75 Å².